The summed E-state index contributed by atoms with van der Waals surface area (Å²) in [6.07, 6.45) is 2.42. The normalized spacial score (nSPS) is 22.9. The second kappa shape index (κ2) is 8.61. The van der Waals surface area contributed by atoms with Crippen molar-refractivity contribution in [2.24, 2.45) is 11.8 Å². The number of carbonyl (C=O) groups is 2. The zero-order valence-electron chi connectivity index (χ0n) is 16.4. The molecule has 2 heterocycles. The molecule has 2 unspecified atom stereocenters. The van der Waals surface area contributed by atoms with E-state index in [0.717, 1.165) is 32.5 Å². The second-order valence-corrected chi connectivity index (χ2v) is 7.33. The van der Waals surface area contributed by atoms with Crippen LogP contribution in [0.15, 0.2) is 18.2 Å². The Balaban J connectivity index is 1.71. The summed E-state index contributed by atoms with van der Waals surface area (Å²) >= 11 is 0. The predicted molar refractivity (Wildman–Crippen MR) is 103 cm³/mol. The number of ether oxygens (including phenoxy) is 2. The van der Waals surface area contributed by atoms with Crippen molar-refractivity contribution in [3.63, 3.8) is 0 Å². The number of nitrogens with zero attached hydrogens (tertiary/aromatic N) is 2. The molecule has 27 heavy (non-hydrogen) atoms. The molecular formula is C20H29N3O4. The van der Waals surface area contributed by atoms with Crippen molar-refractivity contribution >= 4 is 17.5 Å². The molecule has 3 rings (SSSR count). The summed E-state index contributed by atoms with van der Waals surface area (Å²) in [6.45, 7) is 2.89. The highest BCUT2D eigenvalue weighted by molar-refractivity contribution is 6.00. The van der Waals surface area contributed by atoms with E-state index in [-0.39, 0.29) is 24.2 Å². The SMILES string of the molecule is CNCC1CCCN(C(=O)C2CC(=O)N(c3cc(OC)cc(OC)c3)C2)C1. The van der Waals surface area contributed by atoms with E-state index in [4.69, 9.17) is 9.47 Å². The third-order valence-corrected chi connectivity index (χ3v) is 5.45. The van der Waals surface area contributed by atoms with Crippen LogP contribution in [0.4, 0.5) is 5.69 Å². The Labute approximate surface area is 160 Å². The van der Waals surface area contributed by atoms with Gasteiger partial charge in [0.15, 0.2) is 0 Å². The molecule has 0 saturated carbocycles. The summed E-state index contributed by atoms with van der Waals surface area (Å²) in [5.41, 5.74) is 0.707. The zero-order valence-corrected chi connectivity index (χ0v) is 16.4. The molecule has 0 radical (unpaired) electrons. The molecule has 2 aliphatic heterocycles. The van der Waals surface area contributed by atoms with Crippen LogP contribution in [-0.2, 0) is 9.59 Å². The van der Waals surface area contributed by atoms with Gasteiger partial charge in [-0.2, -0.15) is 0 Å². The van der Waals surface area contributed by atoms with Crippen molar-refractivity contribution < 1.29 is 19.1 Å². The van der Waals surface area contributed by atoms with E-state index in [9.17, 15) is 9.59 Å². The van der Waals surface area contributed by atoms with Crippen molar-refractivity contribution in [1.29, 1.82) is 0 Å². The van der Waals surface area contributed by atoms with Crippen LogP contribution >= 0.6 is 0 Å². The first-order valence-corrected chi connectivity index (χ1v) is 9.52. The van der Waals surface area contributed by atoms with Crippen LogP contribution < -0.4 is 19.7 Å². The van der Waals surface area contributed by atoms with Gasteiger partial charge in [-0.15, -0.1) is 0 Å². The Morgan fingerprint density at radius 2 is 1.89 bits per heavy atom. The topological polar surface area (TPSA) is 71.1 Å². The number of likely N-dealkylation sites (tertiary alicyclic amines) is 1. The van der Waals surface area contributed by atoms with Gasteiger partial charge >= 0.3 is 0 Å². The quantitative estimate of drug-likeness (QED) is 0.816. The van der Waals surface area contributed by atoms with E-state index in [1.165, 1.54) is 0 Å². The van der Waals surface area contributed by atoms with E-state index in [1.54, 1.807) is 37.3 Å². The maximum absolute atomic E-state index is 13.0. The summed E-state index contributed by atoms with van der Waals surface area (Å²) in [7, 11) is 5.10. The molecule has 7 heteroatoms. The van der Waals surface area contributed by atoms with Crippen molar-refractivity contribution in [3.05, 3.63) is 18.2 Å². The molecule has 2 amide bonds. The molecule has 1 aromatic rings. The maximum Gasteiger partial charge on any atom is 0.228 e. The third-order valence-electron chi connectivity index (χ3n) is 5.45. The molecule has 0 bridgehead atoms. The number of benzene rings is 1. The molecule has 2 fully saturated rings. The first kappa shape index (κ1) is 19.5. The van der Waals surface area contributed by atoms with Crippen LogP contribution in [0.2, 0.25) is 0 Å². The summed E-state index contributed by atoms with van der Waals surface area (Å²) in [5.74, 6) is 1.51. The summed E-state index contributed by atoms with van der Waals surface area (Å²) in [5, 5.41) is 3.20. The van der Waals surface area contributed by atoms with Gasteiger partial charge in [0.05, 0.1) is 25.8 Å². The Morgan fingerprint density at radius 1 is 1.19 bits per heavy atom. The minimum Gasteiger partial charge on any atom is -0.497 e. The average Bonchev–Trinajstić information content (AvgIpc) is 3.09. The van der Waals surface area contributed by atoms with E-state index >= 15 is 0 Å². The van der Waals surface area contributed by atoms with Gasteiger partial charge in [-0.05, 0) is 32.4 Å². The fourth-order valence-electron chi connectivity index (χ4n) is 4.05. The lowest BCUT2D eigenvalue weighted by atomic mass is 9.96. The van der Waals surface area contributed by atoms with Gasteiger partial charge in [-0.3, -0.25) is 9.59 Å². The summed E-state index contributed by atoms with van der Waals surface area (Å²) in [6, 6.07) is 5.37. The number of hydrogen-bond donors (Lipinski definition) is 1. The van der Waals surface area contributed by atoms with Gasteiger partial charge in [0.25, 0.3) is 0 Å². The molecule has 0 aliphatic carbocycles. The van der Waals surface area contributed by atoms with Crippen molar-refractivity contribution in [3.8, 4) is 11.5 Å². The Hall–Kier alpha value is -2.28. The fourth-order valence-corrected chi connectivity index (χ4v) is 4.05. The number of hydrogen-bond acceptors (Lipinski definition) is 5. The van der Waals surface area contributed by atoms with E-state index < -0.39 is 0 Å². The smallest absolute Gasteiger partial charge is 0.228 e. The van der Waals surface area contributed by atoms with Crippen molar-refractivity contribution in [2.75, 3.05) is 52.3 Å². The number of rotatable bonds is 6. The second-order valence-electron chi connectivity index (χ2n) is 7.33. The molecule has 7 nitrogen and oxygen atoms in total. The molecule has 0 spiro atoms. The van der Waals surface area contributed by atoms with Crippen LogP contribution in [0.5, 0.6) is 11.5 Å². The number of anilines is 1. The lowest BCUT2D eigenvalue weighted by molar-refractivity contribution is -0.137. The molecule has 148 valence electrons. The average molecular weight is 375 g/mol. The Kier molecular flexibility index (Phi) is 6.21. The molecule has 1 N–H and O–H groups in total. The Morgan fingerprint density at radius 3 is 2.52 bits per heavy atom. The van der Waals surface area contributed by atoms with Gasteiger partial charge in [0, 0.05) is 44.3 Å². The molecule has 2 saturated heterocycles. The maximum atomic E-state index is 13.0. The van der Waals surface area contributed by atoms with E-state index in [1.807, 2.05) is 11.9 Å². The predicted octanol–water partition coefficient (Wildman–Crippen LogP) is 1.51. The minimum atomic E-state index is -0.289. The van der Waals surface area contributed by atoms with Crippen molar-refractivity contribution in [1.82, 2.24) is 10.2 Å². The van der Waals surface area contributed by atoms with Gasteiger partial charge in [-0.25, -0.2) is 0 Å². The number of methoxy groups -OCH3 is 2. The highest BCUT2D eigenvalue weighted by Gasteiger charge is 2.38. The summed E-state index contributed by atoms with van der Waals surface area (Å²) < 4.78 is 10.6. The highest BCUT2D eigenvalue weighted by Crippen LogP contribution is 2.33. The standard InChI is InChI=1S/C20H29N3O4/c1-21-11-14-5-4-6-22(12-14)20(25)15-7-19(24)23(13-15)16-8-17(26-2)10-18(9-16)27-3/h8-10,14-15,21H,4-7,11-13H2,1-3H3. The van der Waals surface area contributed by atoms with Gasteiger partial charge in [-0.1, -0.05) is 0 Å². The molecule has 1 aromatic carbocycles. The van der Waals surface area contributed by atoms with Gasteiger partial charge in [0.2, 0.25) is 11.8 Å². The van der Waals surface area contributed by atoms with Crippen LogP contribution in [0, 0.1) is 11.8 Å². The van der Waals surface area contributed by atoms with Crippen LogP contribution in [0.25, 0.3) is 0 Å². The fraction of sp³-hybridized carbons (Fsp3) is 0.600. The molecule has 0 aromatic heterocycles. The van der Waals surface area contributed by atoms with E-state index in [2.05, 4.69) is 5.32 Å². The Bertz CT molecular complexity index is 670. The number of piperidine rings is 1. The van der Waals surface area contributed by atoms with Crippen molar-refractivity contribution in [2.45, 2.75) is 19.3 Å². The number of carbonyl (C=O) groups excluding carboxylic acids is 2. The lowest BCUT2D eigenvalue weighted by Crippen LogP contribution is -2.45. The molecular weight excluding hydrogens is 346 g/mol. The number of amides is 2. The minimum absolute atomic E-state index is 0.0348. The monoisotopic (exact) mass is 375 g/mol. The van der Waals surface area contributed by atoms with Crippen LogP contribution in [-0.4, -0.2) is 64.2 Å². The highest BCUT2D eigenvalue weighted by atomic mass is 16.5. The van der Waals surface area contributed by atoms with Gasteiger partial charge < -0.3 is 24.6 Å². The summed E-state index contributed by atoms with van der Waals surface area (Å²) in [4.78, 5) is 29.2. The lowest BCUT2D eigenvalue weighted by Gasteiger charge is -2.34. The third kappa shape index (κ3) is 4.35. The van der Waals surface area contributed by atoms with Crippen LogP contribution in [0.1, 0.15) is 19.3 Å². The van der Waals surface area contributed by atoms with Gasteiger partial charge in [0.1, 0.15) is 11.5 Å². The van der Waals surface area contributed by atoms with E-state index in [0.29, 0.717) is 29.6 Å². The first-order chi connectivity index (χ1) is 13.0. The zero-order chi connectivity index (χ0) is 19.4. The molecule has 2 aliphatic rings. The first-order valence-electron chi connectivity index (χ1n) is 9.52. The number of nitrogens with one attached hydrogen (secondary N) is 1. The van der Waals surface area contributed by atoms with Crippen LogP contribution in [0.3, 0.4) is 0 Å². The largest absolute Gasteiger partial charge is 0.497 e. The molecule has 2 atom stereocenters.